The molecular formula is C97H135Cl6FN10O21S. The van der Waals surface area contributed by atoms with Crippen molar-refractivity contribution in [1.82, 2.24) is 46.1 Å². The van der Waals surface area contributed by atoms with Crippen molar-refractivity contribution in [3.05, 3.63) is 201 Å². The molecule has 0 bridgehead atoms. The Kier molecular flexibility index (Phi) is 52.0. The van der Waals surface area contributed by atoms with E-state index in [9.17, 15) is 51.2 Å². The Morgan fingerprint density at radius 2 is 0.765 bits per heavy atom. The fourth-order valence-electron chi connectivity index (χ4n) is 14.9. The lowest BCUT2D eigenvalue weighted by atomic mass is 9.84. The number of halogens is 7. The monoisotopic (exact) mass is 2040 g/mol. The second-order valence-corrected chi connectivity index (χ2v) is 38.0. The van der Waals surface area contributed by atoms with Crippen LogP contribution in [0.25, 0.3) is 0 Å². The number of sulfone groups is 1. The van der Waals surface area contributed by atoms with Crippen molar-refractivity contribution in [3.8, 4) is 0 Å². The topological polar surface area (TPSA) is 363 Å². The Hall–Kier alpha value is -7.50. The molecule has 2 saturated heterocycles. The van der Waals surface area contributed by atoms with E-state index in [1.807, 2.05) is 45.2 Å². The molecule has 5 heterocycles. The molecule has 6 N–H and O–H groups in total. The number of nitrogens with one attached hydrogen (secondary N) is 4. The van der Waals surface area contributed by atoms with Crippen LogP contribution in [0.5, 0.6) is 0 Å². The van der Waals surface area contributed by atoms with E-state index < -0.39 is 63.4 Å². The number of nitrogens with zero attached hydrogens (tertiary/aromatic N) is 5. The molecule has 2 fully saturated rings. The first-order valence-electron chi connectivity index (χ1n) is 45.7. The highest BCUT2D eigenvalue weighted by atomic mass is 35.5. The summed E-state index contributed by atoms with van der Waals surface area (Å²) in [6.45, 7) is 27.7. The quantitative estimate of drug-likeness (QED) is 0.0134. The third-order valence-electron chi connectivity index (χ3n) is 22.1. The molecule has 5 aliphatic rings. The summed E-state index contributed by atoms with van der Waals surface area (Å²) in [5.74, 6) is -5.43. The standard InChI is InChI=1S/C34H50Cl2N4O6.C25H34Cl2N2O5S.C23H30Cl2N2O2.C13H14N2O8.CH3F.CH4/c1-5-43-13-10-38-32(41)34(2,3)33(42)39-11-14-45-16-18-46-17-15-44-12-9-37-22-25-7-6-8-26(19-25)29-23-40(4)24-30-28(29)20-27(35)21-31(30)36;1-29-17-23(22-15-20(26)16-25(27)24(22)18-29)19-4-2-5-21(14-19)35(30,31)13-3-7-32-9-11-34-12-10-33-8-6-28;1-3-28-9-10-29-8-7-26-14-17-5-4-6-18(11-17)21-15-27(2)16-22-20(21)12-19(24)13-23(22)25;1-13(2,11(20)22-14-7(16)3-4-8(14)17)12(21)23-15-9(18)5-6-10(15)19;1-2;/h6-8,19-21,29,37H,5,9-18,22-24H2,1-4H3,(H,38,41)(H,39,42);2,4-5,14-16,23H,3,6-13,17-18,28H2,1H3;4-6,11-13,21,26H,3,7-10,14-16H2,1-2H3;3-6H2,1-2H3;1H3;1H4/i;;;;1D;. The molecule has 0 spiro atoms. The average Bonchev–Trinajstić information content (AvgIpc) is 1.71. The van der Waals surface area contributed by atoms with Crippen molar-refractivity contribution in [2.24, 2.45) is 16.6 Å². The van der Waals surface area contributed by atoms with Crippen molar-refractivity contribution in [2.75, 3.05) is 205 Å². The highest BCUT2D eigenvalue weighted by Crippen LogP contribution is 2.43. The van der Waals surface area contributed by atoms with E-state index in [2.05, 4.69) is 120 Å². The largest absolute Gasteiger partial charge is 0.380 e. The molecule has 0 radical (unpaired) electrons. The molecule has 0 aromatic heterocycles. The molecule has 136 heavy (non-hydrogen) atoms. The number of likely N-dealkylation sites (N-methyl/N-ethyl adjacent to an activating group) is 3. The van der Waals surface area contributed by atoms with Gasteiger partial charge in [0.05, 0.1) is 118 Å². The van der Waals surface area contributed by atoms with Crippen LogP contribution in [0.1, 0.15) is 161 Å². The van der Waals surface area contributed by atoms with Crippen LogP contribution in [-0.2, 0) is 133 Å². The molecule has 6 aromatic rings. The van der Waals surface area contributed by atoms with Gasteiger partial charge in [0.25, 0.3) is 23.6 Å². The van der Waals surface area contributed by atoms with Gasteiger partial charge in [0.1, 0.15) is 5.41 Å². The van der Waals surface area contributed by atoms with Crippen LogP contribution >= 0.6 is 69.6 Å². The minimum Gasteiger partial charge on any atom is -0.380 e. The number of ether oxygens (including phenoxy) is 9. The van der Waals surface area contributed by atoms with Crippen molar-refractivity contribution in [1.29, 1.82) is 0 Å². The lowest BCUT2D eigenvalue weighted by Gasteiger charge is -2.33. The minimum atomic E-state index is -3.44. The zero-order valence-corrected chi connectivity index (χ0v) is 83.8. The summed E-state index contributed by atoms with van der Waals surface area (Å²) in [6.07, 6.45) is 0.0511. The van der Waals surface area contributed by atoms with Crippen LogP contribution in [0.15, 0.2) is 114 Å². The molecule has 11 rings (SSSR count). The number of fused-ring (bicyclic) bond motifs is 3. The molecular weight excluding hydrogens is 1900 g/mol. The third kappa shape index (κ3) is 37.8. The predicted molar refractivity (Wildman–Crippen MR) is 523 cm³/mol. The number of benzene rings is 6. The van der Waals surface area contributed by atoms with Crippen molar-refractivity contribution >= 4 is 127 Å². The van der Waals surface area contributed by atoms with Crippen molar-refractivity contribution in [2.45, 2.75) is 136 Å². The first kappa shape index (κ1) is 115. The smallest absolute Gasteiger partial charge is 0.349 e. The van der Waals surface area contributed by atoms with Gasteiger partial charge in [-0.2, -0.15) is 0 Å². The number of nitrogens with two attached hydrogens (primary N) is 1. The average molecular weight is 2040 g/mol. The number of amides is 6. The van der Waals surface area contributed by atoms with Gasteiger partial charge < -0.3 is 94.0 Å². The molecule has 754 valence electrons. The zero-order valence-electron chi connectivity index (χ0n) is 79.4. The van der Waals surface area contributed by atoms with Gasteiger partial charge in [-0.25, -0.2) is 18.0 Å². The van der Waals surface area contributed by atoms with Crippen LogP contribution in [0.2, 0.25) is 30.1 Å². The Bertz CT molecular complexity index is 4880. The summed E-state index contributed by atoms with van der Waals surface area (Å²) in [5, 5.41) is 17.0. The molecule has 6 amide bonds. The van der Waals surface area contributed by atoms with E-state index in [1.165, 1.54) is 38.9 Å². The summed E-state index contributed by atoms with van der Waals surface area (Å²) in [4.78, 5) is 111. The van der Waals surface area contributed by atoms with Crippen molar-refractivity contribution in [3.63, 3.8) is 0 Å². The molecule has 3 atom stereocenters. The van der Waals surface area contributed by atoms with E-state index in [-0.39, 0.29) is 68.4 Å². The Balaban J connectivity index is 0.000000285. The summed E-state index contributed by atoms with van der Waals surface area (Å²) in [5.41, 5.74) is 15.1. The fraction of sp³-hybridized carbons (Fsp3) is 0.546. The van der Waals surface area contributed by atoms with E-state index in [0.29, 0.717) is 173 Å². The van der Waals surface area contributed by atoms with E-state index in [4.69, 9.17) is 119 Å². The maximum atomic E-state index is 13.0. The predicted octanol–water partition coefficient (Wildman–Crippen LogP) is 12.9. The summed E-state index contributed by atoms with van der Waals surface area (Å²) in [7, 11) is 1.84. The maximum absolute atomic E-state index is 13.0. The van der Waals surface area contributed by atoms with E-state index >= 15 is 0 Å². The van der Waals surface area contributed by atoms with Crippen LogP contribution in [0, 0.1) is 10.8 Å². The van der Waals surface area contributed by atoms with Gasteiger partial charge in [0, 0.05) is 178 Å². The van der Waals surface area contributed by atoms with E-state index in [1.54, 1.807) is 38.1 Å². The van der Waals surface area contributed by atoms with Gasteiger partial charge in [-0.05, 0) is 179 Å². The first-order chi connectivity index (χ1) is 65.1. The SMILES string of the molecule is C.CC(C)(C(=O)ON1C(=O)CCC1=O)C(=O)ON1C(=O)CCC1=O.CCOCCNC(=O)C(C)(C)C(=O)NCCOCCOCCOCCNCc1cccc(C2CN(C)Cc3c(Cl)cc(Cl)cc32)c1.CCOCCOCCNCc1cccc(C2CN(C)Cc3c(Cl)cc(Cl)cc32)c1.CN1Cc2c(Cl)cc(Cl)cc2C(c2cccc(S(=O)(=O)CCCOCCOCCOCCN)c2)C1.[2H]CF. The second-order valence-electron chi connectivity index (χ2n) is 33.4. The Morgan fingerprint density at radius 3 is 1.13 bits per heavy atom. The van der Waals surface area contributed by atoms with Crippen LogP contribution in [-0.4, -0.2) is 286 Å². The normalized spacial score (nSPS) is 16.2. The van der Waals surface area contributed by atoms with Crippen molar-refractivity contribution < 1.29 is 105 Å². The van der Waals surface area contributed by atoms with Crippen LogP contribution in [0.3, 0.4) is 0 Å². The van der Waals surface area contributed by atoms with E-state index in [0.717, 1.165) is 118 Å². The number of carbonyl (C=O) groups excluding carboxylic acids is 8. The van der Waals surface area contributed by atoms with Gasteiger partial charge in [-0.3, -0.25) is 33.2 Å². The molecule has 39 heteroatoms. The highest BCUT2D eigenvalue weighted by Gasteiger charge is 2.47. The Morgan fingerprint density at radius 1 is 0.449 bits per heavy atom. The third-order valence-corrected chi connectivity index (χ3v) is 25.6. The first-order valence-corrected chi connectivity index (χ1v) is 48.9. The van der Waals surface area contributed by atoms with Gasteiger partial charge in [-0.1, -0.05) is 138 Å². The lowest BCUT2D eigenvalue weighted by molar-refractivity contribution is -0.217. The van der Waals surface area contributed by atoms with Crippen LogP contribution in [0.4, 0.5) is 4.39 Å². The minimum absolute atomic E-state index is 0. The molecule has 31 nitrogen and oxygen atoms in total. The summed E-state index contributed by atoms with van der Waals surface area (Å²) in [6, 6.07) is 36.1. The van der Waals surface area contributed by atoms with Gasteiger partial charge in [0.15, 0.2) is 15.3 Å². The number of hydrogen-bond donors (Lipinski definition) is 5. The number of carbonyl (C=O) groups is 8. The molecule has 5 aliphatic heterocycles. The zero-order chi connectivity index (χ0) is 99.3. The number of rotatable bonds is 49. The Labute approximate surface area is 831 Å². The maximum Gasteiger partial charge on any atom is 0.349 e. The highest BCUT2D eigenvalue weighted by molar-refractivity contribution is 7.91. The molecule has 6 aromatic carbocycles. The van der Waals surface area contributed by atoms with Gasteiger partial charge >= 0.3 is 11.9 Å². The molecule has 0 aliphatic carbocycles. The molecule has 0 saturated carbocycles. The number of imide groups is 2. The lowest BCUT2D eigenvalue weighted by Crippen LogP contribution is -2.49. The summed E-state index contributed by atoms with van der Waals surface area (Å²) >= 11 is 38.5. The molecule has 3 unspecified atom stereocenters. The summed E-state index contributed by atoms with van der Waals surface area (Å²) < 4.78 is 90.3. The fourth-order valence-corrected chi connectivity index (χ4v) is 17.9. The second kappa shape index (κ2) is 61.3. The van der Waals surface area contributed by atoms with Crippen LogP contribution < -0.4 is 27.0 Å². The van der Waals surface area contributed by atoms with Gasteiger partial charge in [-0.15, -0.1) is 10.1 Å². The number of alkyl halides is 1. The number of hydroxylamine groups is 4. The van der Waals surface area contributed by atoms with Gasteiger partial charge in [0.2, 0.25) is 11.8 Å². The number of hydrogen-bond acceptors (Lipinski definition) is 27.